The highest BCUT2D eigenvalue weighted by atomic mass is 16.5. The first kappa shape index (κ1) is 20.6. The highest BCUT2D eigenvalue weighted by Gasteiger charge is 2.23. The number of aliphatic carboxylic acids is 1. The van der Waals surface area contributed by atoms with E-state index in [1.165, 1.54) is 6.92 Å². The van der Waals surface area contributed by atoms with E-state index in [1.54, 1.807) is 24.3 Å². The van der Waals surface area contributed by atoms with Crippen molar-refractivity contribution in [1.82, 2.24) is 5.32 Å². The van der Waals surface area contributed by atoms with Gasteiger partial charge < -0.3 is 26.6 Å². The Morgan fingerprint density at radius 3 is 2.36 bits per heavy atom. The molecule has 0 aliphatic heterocycles. The van der Waals surface area contributed by atoms with Crippen LogP contribution in [-0.2, 0) is 20.8 Å². The van der Waals surface area contributed by atoms with E-state index in [9.17, 15) is 19.5 Å². The predicted molar refractivity (Wildman–Crippen MR) is 91.9 cm³/mol. The van der Waals surface area contributed by atoms with Gasteiger partial charge in [0.15, 0.2) is 0 Å². The van der Waals surface area contributed by atoms with Crippen molar-refractivity contribution in [3.05, 3.63) is 29.8 Å². The van der Waals surface area contributed by atoms with Crippen LogP contribution >= 0.6 is 0 Å². The number of esters is 1. The number of ether oxygens (including phenoxy) is 1. The lowest BCUT2D eigenvalue weighted by atomic mass is 10.0. The van der Waals surface area contributed by atoms with Crippen LogP contribution in [0.1, 0.15) is 31.7 Å². The second-order valence-corrected chi connectivity index (χ2v) is 5.73. The number of nitrogens with one attached hydrogen (secondary N) is 1. The number of rotatable bonds is 10. The van der Waals surface area contributed by atoms with E-state index < -0.39 is 29.9 Å². The van der Waals surface area contributed by atoms with E-state index in [-0.39, 0.29) is 6.42 Å². The molecule has 0 aliphatic rings. The number of nitrogens with two attached hydrogens (primary N) is 2. The summed E-state index contributed by atoms with van der Waals surface area (Å²) < 4.78 is 4.91. The smallest absolute Gasteiger partial charge is 0.326 e. The molecule has 8 heteroatoms. The van der Waals surface area contributed by atoms with Crippen LogP contribution < -0.4 is 21.5 Å². The first-order valence-electron chi connectivity index (χ1n) is 8.09. The summed E-state index contributed by atoms with van der Waals surface area (Å²) in [5, 5.41) is 11.8. The van der Waals surface area contributed by atoms with E-state index >= 15 is 0 Å². The normalized spacial score (nSPS) is 12.9. The first-order valence-corrected chi connectivity index (χ1v) is 8.09. The Hall–Kier alpha value is -2.45. The minimum atomic E-state index is -1.15. The number of carboxylic acids is 1. The molecule has 0 bridgehead atoms. The minimum Gasteiger partial charge on any atom is -0.480 e. The number of hydrogen-bond acceptors (Lipinski definition) is 6. The summed E-state index contributed by atoms with van der Waals surface area (Å²) in [4.78, 5) is 34.3. The van der Waals surface area contributed by atoms with Crippen LogP contribution in [0.25, 0.3) is 0 Å². The largest absolute Gasteiger partial charge is 0.480 e. The zero-order chi connectivity index (χ0) is 18.8. The molecule has 2 atom stereocenters. The molecule has 0 radical (unpaired) electrons. The summed E-state index contributed by atoms with van der Waals surface area (Å²) >= 11 is 0. The van der Waals surface area contributed by atoms with Gasteiger partial charge in [0.05, 0.1) is 6.04 Å². The van der Waals surface area contributed by atoms with Gasteiger partial charge in [-0.15, -0.1) is 0 Å². The molecule has 25 heavy (non-hydrogen) atoms. The van der Waals surface area contributed by atoms with E-state index in [4.69, 9.17) is 16.2 Å². The van der Waals surface area contributed by atoms with Crippen molar-refractivity contribution >= 4 is 17.8 Å². The monoisotopic (exact) mass is 351 g/mol. The molecule has 1 aromatic carbocycles. The maximum Gasteiger partial charge on any atom is 0.326 e. The van der Waals surface area contributed by atoms with Crippen LogP contribution in [0.2, 0.25) is 0 Å². The van der Waals surface area contributed by atoms with Gasteiger partial charge in [-0.25, -0.2) is 4.79 Å². The standard InChI is InChI=1S/C17H25N3O5/c1-11(21)25-13-7-5-12(6-8-13)10-15(17(23)24)20-16(22)14(19)4-2-3-9-18/h5-8,14-15H,2-4,9-10,18-19H2,1H3,(H,20,22)(H,23,24)/t14-,15-/m0/s1. The highest BCUT2D eigenvalue weighted by Crippen LogP contribution is 2.14. The van der Waals surface area contributed by atoms with Crippen LogP contribution in [0.5, 0.6) is 5.75 Å². The Kier molecular flexibility index (Phi) is 8.59. The molecule has 1 amide bonds. The van der Waals surface area contributed by atoms with E-state index in [0.29, 0.717) is 30.7 Å². The van der Waals surface area contributed by atoms with Gasteiger partial charge in [-0.05, 0) is 37.1 Å². The maximum atomic E-state index is 12.0. The van der Waals surface area contributed by atoms with Crippen LogP contribution in [-0.4, -0.2) is 41.6 Å². The number of carboxylic acid groups (broad SMARTS) is 1. The van der Waals surface area contributed by atoms with Crippen LogP contribution in [0, 0.1) is 0 Å². The Balaban J connectivity index is 2.63. The molecule has 6 N–H and O–H groups in total. The van der Waals surface area contributed by atoms with Gasteiger partial charge in [0, 0.05) is 13.3 Å². The van der Waals surface area contributed by atoms with Gasteiger partial charge in [-0.1, -0.05) is 18.6 Å². The number of unbranched alkanes of at least 4 members (excludes halogenated alkanes) is 1. The topological polar surface area (TPSA) is 145 Å². The van der Waals surface area contributed by atoms with Crippen molar-refractivity contribution < 1.29 is 24.2 Å². The van der Waals surface area contributed by atoms with Crippen molar-refractivity contribution in [2.24, 2.45) is 11.5 Å². The quantitative estimate of drug-likeness (QED) is 0.267. The lowest BCUT2D eigenvalue weighted by Gasteiger charge is -2.18. The first-order chi connectivity index (χ1) is 11.8. The molecule has 138 valence electrons. The van der Waals surface area contributed by atoms with Gasteiger partial charge in [0.1, 0.15) is 11.8 Å². The van der Waals surface area contributed by atoms with Crippen molar-refractivity contribution in [2.75, 3.05) is 6.54 Å². The highest BCUT2D eigenvalue weighted by molar-refractivity contribution is 5.86. The molecule has 0 saturated carbocycles. The van der Waals surface area contributed by atoms with Gasteiger partial charge in [-0.3, -0.25) is 9.59 Å². The van der Waals surface area contributed by atoms with E-state index in [2.05, 4.69) is 5.32 Å². The summed E-state index contributed by atoms with van der Waals surface area (Å²) in [5.41, 5.74) is 11.8. The molecule has 0 unspecified atom stereocenters. The minimum absolute atomic E-state index is 0.0942. The molecule has 1 aromatic rings. The SMILES string of the molecule is CC(=O)Oc1ccc(C[C@H](NC(=O)[C@@H](N)CCCCN)C(=O)O)cc1. The summed E-state index contributed by atoms with van der Waals surface area (Å²) in [7, 11) is 0. The van der Waals surface area contributed by atoms with E-state index in [1.807, 2.05) is 0 Å². The number of carbonyl (C=O) groups is 3. The fraction of sp³-hybridized carbons (Fsp3) is 0.471. The third-order valence-corrected chi connectivity index (χ3v) is 3.55. The lowest BCUT2D eigenvalue weighted by Crippen LogP contribution is -2.49. The van der Waals surface area contributed by atoms with Gasteiger partial charge in [0.25, 0.3) is 0 Å². The summed E-state index contributed by atoms with van der Waals surface area (Å²) in [6.07, 6.45) is 2.02. The third-order valence-electron chi connectivity index (χ3n) is 3.55. The Labute approximate surface area is 146 Å². The molecule has 0 saturated heterocycles. The Bertz CT molecular complexity index is 588. The number of amides is 1. The molecular weight excluding hydrogens is 326 g/mol. The van der Waals surface area contributed by atoms with Crippen molar-refractivity contribution in [3.8, 4) is 5.75 Å². The molecule has 0 aromatic heterocycles. The fourth-order valence-electron chi connectivity index (χ4n) is 2.21. The molecule has 0 heterocycles. The van der Waals surface area contributed by atoms with Crippen molar-refractivity contribution in [1.29, 1.82) is 0 Å². The molecule has 0 fully saturated rings. The average Bonchev–Trinajstić information content (AvgIpc) is 2.55. The van der Waals surface area contributed by atoms with Gasteiger partial charge in [0.2, 0.25) is 5.91 Å². The molecule has 0 spiro atoms. The third kappa shape index (κ3) is 7.77. The van der Waals surface area contributed by atoms with Gasteiger partial charge >= 0.3 is 11.9 Å². The summed E-state index contributed by atoms with van der Waals surface area (Å²) in [6, 6.07) is 4.56. The van der Waals surface area contributed by atoms with Crippen LogP contribution in [0.15, 0.2) is 24.3 Å². The predicted octanol–water partition coefficient (Wildman–Crippen LogP) is 0.180. The molecule has 8 nitrogen and oxygen atoms in total. The number of hydrogen-bond donors (Lipinski definition) is 4. The maximum absolute atomic E-state index is 12.0. The molecule has 1 rings (SSSR count). The van der Waals surface area contributed by atoms with Crippen molar-refractivity contribution in [2.45, 2.75) is 44.7 Å². The lowest BCUT2D eigenvalue weighted by molar-refractivity contribution is -0.142. The molecule has 0 aliphatic carbocycles. The summed E-state index contributed by atoms with van der Waals surface area (Å²) in [6.45, 7) is 1.82. The van der Waals surface area contributed by atoms with E-state index in [0.717, 1.165) is 6.42 Å². The summed E-state index contributed by atoms with van der Waals surface area (Å²) in [5.74, 6) is -1.71. The van der Waals surface area contributed by atoms with Crippen LogP contribution in [0.3, 0.4) is 0 Å². The zero-order valence-electron chi connectivity index (χ0n) is 14.2. The second-order valence-electron chi connectivity index (χ2n) is 5.73. The zero-order valence-corrected chi connectivity index (χ0v) is 14.2. The Morgan fingerprint density at radius 2 is 1.84 bits per heavy atom. The number of benzene rings is 1. The average molecular weight is 351 g/mol. The van der Waals surface area contributed by atoms with Gasteiger partial charge in [-0.2, -0.15) is 0 Å². The Morgan fingerprint density at radius 1 is 1.20 bits per heavy atom. The number of carbonyl (C=O) groups excluding carboxylic acids is 2. The van der Waals surface area contributed by atoms with Crippen LogP contribution in [0.4, 0.5) is 0 Å². The second kappa shape index (κ2) is 10.4. The fourth-order valence-corrected chi connectivity index (χ4v) is 2.21. The molecular formula is C17H25N3O5. The van der Waals surface area contributed by atoms with Crippen molar-refractivity contribution in [3.63, 3.8) is 0 Å².